The molecule has 3 heteroatoms. The number of rotatable bonds is 2. The molecule has 1 amide bonds. The number of anilines is 1. The highest BCUT2D eigenvalue weighted by Gasteiger charge is 2.29. The van der Waals surface area contributed by atoms with Gasteiger partial charge >= 0.3 is 0 Å². The first-order valence-corrected chi connectivity index (χ1v) is 7.97. The van der Waals surface area contributed by atoms with E-state index in [1.54, 1.807) is 0 Å². The number of ether oxygens (including phenoxy) is 1. The molecular weight excluding hydrogens is 274 g/mol. The van der Waals surface area contributed by atoms with Gasteiger partial charge in [-0.2, -0.15) is 0 Å². The molecule has 1 aliphatic heterocycles. The van der Waals surface area contributed by atoms with E-state index >= 15 is 0 Å². The van der Waals surface area contributed by atoms with Crippen molar-refractivity contribution in [3.05, 3.63) is 59.2 Å². The minimum atomic E-state index is -0.420. The Hall–Kier alpha value is -2.29. The molecular formula is C19H19NO2. The van der Waals surface area contributed by atoms with Gasteiger partial charge in [-0.25, -0.2) is 0 Å². The number of hydrogen-bond donors (Lipinski definition) is 1. The SMILES string of the molecule is O=C(Nc1cccc2c1CCCC2)C1Cc2ccccc2O1. The second kappa shape index (κ2) is 5.48. The zero-order chi connectivity index (χ0) is 14.9. The fourth-order valence-corrected chi connectivity index (χ4v) is 3.44. The highest BCUT2D eigenvalue weighted by molar-refractivity contribution is 5.96. The van der Waals surface area contributed by atoms with Gasteiger partial charge in [-0.05, 0) is 54.5 Å². The zero-order valence-corrected chi connectivity index (χ0v) is 12.5. The average Bonchev–Trinajstić information content (AvgIpc) is 2.99. The molecule has 0 fully saturated rings. The second-order valence-electron chi connectivity index (χ2n) is 6.06. The summed E-state index contributed by atoms with van der Waals surface area (Å²) in [6.45, 7) is 0. The van der Waals surface area contributed by atoms with Gasteiger partial charge in [0.25, 0.3) is 5.91 Å². The van der Waals surface area contributed by atoms with Crippen LogP contribution in [-0.2, 0) is 24.1 Å². The fourth-order valence-electron chi connectivity index (χ4n) is 3.44. The van der Waals surface area contributed by atoms with Gasteiger partial charge in [0.05, 0.1) is 0 Å². The Morgan fingerprint density at radius 2 is 1.82 bits per heavy atom. The summed E-state index contributed by atoms with van der Waals surface area (Å²) < 4.78 is 5.77. The van der Waals surface area contributed by atoms with Gasteiger partial charge in [-0.3, -0.25) is 4.79 Å². The van der Waals surface area contributed by atoms with Crippen LogP contribution in [0.1, 0.15) is 29.5 Å². The Balaban J connectivity index is 1.52. The van der Waals surface area contributed by atoms with E-state index in [0.717, 1.165) is 29.8 Å². The number of para-hydroxylation sites is 1. The first kappa shape index (κ1) is 13.4. The normalized spacial score (nSPS) is 19.0. The maximum absolute atomic E-state index is 12.5. The summed E-state index contributed by atoms with van der Waals surface area (Å²) in [7, 11) is 0. The third-order valence-electron chi connectivity index (χ3n) is 4.59. The molecule has 0 radical (unpaired) electrons. The smallest absolute Gasteiger partial charge is 0.265 e. The molecule has 1 N–H and O–H groups in total. The Kier molecular flexibility index (Phi) is 3.34. The zero-order valence-electron chi connectivity index (χ0n) is 12.5. The average molecular weight is 293 g/mol. The van der Waals surface area contributed by atoms with Crippen molar-refractivity contribution in [2.45, 2.75) is 38.2 Å². The van der Waals surface area contributed by atoms with Crippen LogP contribution in [0.2, 0.25) is 0 Å². The van der Waals surface area contributed by atoms with Crippen LogP contribution in [0.4, 0.5) is 5.69 Å². The van der Waals surface area contributed by atoms with Crippen LogP contribution < -0.4 is 10.1 Å². The van der Waals surface area contributed by atoms with Crippen molar-refractivity contribution in [1.29, 1.82) is 0 Å². The molecule has 2 aromatic rings. The van der Waals surface area contributed by atoms with Crippen molar-refractivity contribution < 1.29 is 9.53 Å². The van der Waals surface area contributed by atoms with E-state index in [0.29, 0.717) is 6.42 Å². The predicted molar refractivity (Wildman–Crippen MR) is 86.3 cm³/mol. The monoisotopic (exact) mass is 293 g/mol. The molecule has 112 valence electrons. The summed E-state index contributed by atoms with van der Waals surface area (Å²) in [5.41, 5.74) is 4.75. The maximum atomic E-state index is 12.5. The number of nitrogens with one attached hydrogen (secondary N) is 1. The molecule has 0 bridgehead atoms. The summed E-state index contributed by atoms with van der Waals surface area (Å²) >= 11 is 0. The highest BCUT2D eigenvalue weighted by Crippen LogP contribution is 2.31. The lowest BCUT2D eigenvalue weighted by Crippen LogP contribution is -2.32. The number of hydrogen-bond acceptors (Lipinski definition) is 2. The van der Waals surface area contributed by atoms with E-state index in [9.17, 15) is 4.79 Å². The minimum Gasteiger partial charge on any atom is -0.480 e. The molecule has 22 heavy (non-hydrogen) atoms. The fraction of sp³-hybridized carbons (Fsp3) is 0.316. The third-order valence-corrected chi connectivity index (χ3v) is 4.59. The maximum Gasteiger partial charge on any atom is 0.265 e. The molecule has 1 aliphatic carbocycles. The van der Waals surface area contributed by atoms with Gasteiger partial charge in [0, 0.05) is 12.1 Å². The molecule has 0 spiro atoms. The van der Waals surface area contributed by atoms with Crippen LogP contribution >= 0.6 is 0 Å². The van der Waals surface area contributed by atoms with Gasteiger partial charge in [0.2, 0.25) is 0 Å². The number of carbonyl (C=O) groups excluding carboxylic acids is 1. The van der Waals surface area contributed by atoms with Gasteiger partial charge in [0.15, 0.2) is 6.10 Å². The van der Waals surface area contributed by atoms with Crippen molar-refractivity contribution in [3.63, 3.8) is 0 Å². The minimum absolute atomic E-state index is 0.0461. The molecule has 2 aromatic carbocycles. The van der Waals surface area contributed by atoms with Crippen molar-refractivity contribution in [2.24, 2.45) is 0 Å². The molecule has 0 saturated heterocycles. The summed E-state index contributed by atoms with van der Waals surface area (Å²) in [4.78, 5) is 12.5. The molecule has 2 aliphatic rings. The molecule has 1 heterocycles. The van der Waals surface area contributed by atoms with Gasteiger partial charge in [-0.1, -0.05) is 30.3 Å². The Bertz CT molecular complexity index is 698. The van der Waals surface area contributed by atoms with Gasteiger partial charge in [-0.15, -0.1) is 0 Å². The van der Waals surface area contributed by atoms with Crippen molar-refractivity contribution >= 4 is 11.6 Å². The number of aryl methyl sites for hydroxylation is 1. The number of amides is 1. The molecule has 0 aromatic heterocycles. The van der Waals surface area contributed by atoms with E-state index < -0.39 is 6.10 Å². The lowest BCUT2D eigenvalue weighted by atomic mass is 9.90. The lowest BCUT2D eigenvalue weighted by molar-refractivity contribution is -0.122. The molecule has 1 atom stereocenters. The number of benzene rings is 2. The standard InChI is InChI=1S/C19H19NO2/c21-19(18-12-14-7-2-4-11-17(14)22-18)20-16-10-5-8-13-6-1-3-9-15(13)16/h2,4-5,7-8,10-11,18H,1,3,6,9,12H2,(H,20,21). The summed E-state index contributed by atoms with van der Waals surface area (Å²) in [5, 5.41) is 3.08. The summed E-state index contributed by atoms with van der Waals surface area (Å²) in [6, 6.07) is 14.1. The first-order valence-electron chi connectivity index (χ1n) is 7.97. The Morgan fingerprint density at radius 3 is 2.73 bits per heavy atom. The lowest BCUT2D eigenvalue weighted by Gasteiger charge is -2.20. The van der Waals surface area contributed by atoms with E-state index in [2.05, 4.69) is 11.4 Å². The number of carbonyl (C=O) groups is 1. The number of fused-ring (bicyclic) bond motifs is 2. The van der Waals surface area contributed by atoms with E-state index in [4.69, 9.17) is 4.74 Å². The van der Waals surface area contributed by atoms with Gasteiger partial charge in [0.1, 0.15) is 5.75 Å². The van der Waals surface area contributed by atoms with Crippen molar-refractivity contribution in [1.82, 2.24) is 0 Å². The Morgan fingerprint density at radius 1 is 1.00 bits per heavy atom. The van der Waals surface area contributed by atoms with Crippen LogP contribution in [0.5, 0.6) is 5.75 Å². The molecule has 3 nitrogen and oxygen atoms in total. The highest BCUT2D eigenvalue weighted by atomic mass is 16.5. The van der Waals surface area contributed by atoms with E-state index in [1.165, 1.54) is 24.0 Å². The van der Waals surface area contributed by atoms with Crippen LogP contribution in [0, 0.1) is 0 Å². The topological polar surface area (TPSA) is 38.3 Å². The van der Waals surface area contributed by atoms with E-state index in [-0.39, 0.29) is 5.91 Å². The van der Waals surface area contributed by atoms with Crippen molar-refractivity contribution in [3.8, 4) is 5.75 Å². The molecule has 4 rings (SSSR count). The quantitative estimate of drug-likeness (QED) is 0.920. The molecule has 1 unspecified atom stereocenters. The summed E-state index contributed by atoms with van der Waals surface area (Å²) in [5.74, 6) is 0.785. The first-order chi connectivity index (χ1) is 10.8. The largest absolute Gasteiger partial charge is 0.480 e. The van der Waals surface area contributed by atoms with Gasteiger partial charge < -0.3 is 10.1 Å². The van der Waals surface area contributed by atoms with E-state index in [1.807, 2.05) is 36.4 Å². The van der Waals surface area contributed by atoms with Crippen molar-refractivity contribution in [2.75, 3.05) is 5.32 Å². The second-order valence-corrected chi connectivity index (χ2v) is 6.06. The summed E-state index contributed by atoms with van der Waals surface area (Å²) in [6.07, 6.45) is 4.84. The van der Waals surface area contributed by atoms with Crippen LogP contribution in [0.25, 0.3) is 0 Å². The Labute approximate surface area is 130 Å². The van der Waals surface area contributed by atoms with Crippen LogP contribution in [-0.4, -0.2) is 12.0 Å². The molecule has 0 saturated carbocycles. The van der Waals surface area contributed by atoms with Crippen LogP contribution in [0.3, 0.4) is 0 Å². The van der Waals surface area contributed by atoms with Crippen LogP contribution in [0.15, 0.2) is 42.5 Å². The third kappa shape index (κ3) is 2.37. The predicted octanol–water partition coefficient (Wildman–Crippen LogP) is 3.51.